The van der Waals surface area contributed by atoms with Crippen molar-refractivity contribution < 1.29 is 9.47 Å². The van der Waals surface area contributed by atoms with E-state index in [1.807, 2.05) is 36.4 Å². The Labute approximate surface area is 124 Å². The number of nitrogens with one attached hydrogen (secondary N) is 1. The summed E-state index contributed by atoms with van der Waals surface area (Å²) in [5.74, 6) is 1.62. The maximum Gasteiger partial charge on any atom is 0.148 e. The number of nitrogens with zero attached hydrogens (tertiary/aromatic N) is 2. The third-order valence-electron chi connectivity index (χ3n) is 3.59. The molecule has 1 N–H and O–H groups in total. The van der Waals surface area contributed by atoms with Crippen molar-refractivity contribution in [2.75, 3.05) is 25.6 Å². The van der Waals surface area contributed by atoms with Gasteiger partial charge in [-0.05, 0) is 49.2 Å². The lowest BCUT2D eigenvalue weighted by atomic mass is 10.1. The van der Waals surface area contributed by atoms with Crippen LogP contribution in [0.3, 0.4) is 0 Å². The minimum absolute atomic E-state index is 0.299. The van der Waals surface area contributed by atoms with Gasteiger partial charge in [0, 0.05) is 18.7 Å². The number of ether oxygens (including phenoxy) is 2. The van der Waals surface area contributed by atoms with E-state index in [1.165, 1.54) is 0 Å². The fourth-order valence-electron chi connectivity index (χ4n) is 2.37. The van der Waals surface area contributed by atoms with Gasteiger partial charge < -0.3 is 14.8 Å². The van der Waals surface area contributed by atoms with E-state index in [-0.39, 0.29) is 0 Å². The van der Waals surface area contributed by atoms with Crippen LogP contribution < -0.4 is 10.1 Å². The van der Waals surface area contributed by atoms with E-state index in [0.29, 0.717) is 6.10 Å². The molecule has 3 rings (SSSR count). The van der Waals surface area contributed by atoms with Crippen molar-refractivity contribution in [2.24, 2.45) is 0 Å². The molecule has 1 aromatic heterocycles. The van der Waals surface area contributed by atoms with Crippen molar-refractivity contribution in [3.63, 3.8) is 0 Å². The number of anilines is 1. The molecule has 1 aliphatic rings. The highest BCUT2D eigenvalue weighted by atomic mass is 16.5. The first-order valence-corrected chi connectivity index (χ1v) is 7.19. The van der Waals surface area contributed by atoms with E-state index in [1.54, 1.807) is 7.11 Å². The van der Waals surface area contributed by atoms with Gasteiger partial charge in [-0.15, -0.1) is 10.2 Å². The van der Waals surface area contributed by atoms with Crippen molar-refractivity contribution in [3.8, 4) is 17.0 Å². The SMILES string of the molecule is COc1ccc(-c2ccc(NCC3CCCO3)nn2)cc1. The van der Waals surface area contributed by atoms with Crippen molar-refractivity contribution in [1.82, 2.24) is 10.2 Å². The molecule has 110 valence electrons. The van der Waals surface area contributed by atoms with Crippen LogP contribution in [-0.2, 0) is 4.74 Å². The van der Waals surface area contributed by atoms with Crippen molar-refractivity contribution >= 4 is 5.82 Å². The Morgan fingerprint density at radius 3 is 2.67 bits per heavy atom. The van der Waals surface area contributed by atoms with E-state index in [0.717, 1.165) is 48.8 Å². The molecule has 0 bridgehead atoms. The Bertz CT molecular complexity index is 563. The number of hydrogen-bond donors (Lipinski definition) is 1. The first kappa shape index (κ1) is 13.8. The average Bonchev–Trinajstić information content (AvgIpc) is 3.07. The second-order valence-corrected chi connectivity index (χ2v) is 5.05. The molecule has 0 spiro atoms. The van der Waals surface area contributed by atoms with Crippen LogP contribution in [0.25, 0.3) is 11.3 Å². The zero-order valence-electron chi connectivity index (χ0n) is 12.1. The van der Waals surface area contributed by atoms with Gasteiger partial charge in [0.1, 0.15) is 11.6 Å². The largest absolute Gasteiger partial charge is 0.497 e. The molecule has 0 amide bonds. The Morgan fingerprint density at radius 2 is 2.05 bits per heavy atom. The minimum atomic E-state index is 0.299. The lowest BCUT2D eigenvalue weighted by molar-refractivity contribution is 0.120. The highest BCUT2D eigenvalue weighted by Crippen LogP contribution is 2.20. The number of methoxy groups -OCH3 is 1. The van der Waals surface area contributed by atoms with Gasteiger partial charge in [-0.2, -0.15) is 0 Å². The van der Waals surface area contributed by atoms with Crippen LogP contribution in [-0.4, -0.2) is 36.6 Å². The summed E-state index contributed by atoms with van der Waals surface area (Å²) in [6.45, 7) is 1.66. The first-order valence-electron chi connectivity index (χ1n) is 7.19. The zero-order valence-corrected chi connectivity index (χ0v) is 12.1. The molecule has 1 aromatic carbocycles. The van der Waals surface area contributed by atoms with Gasteiger partial charge >= 0.3 is 0 Å². The molecular weight excluding hydrogens is 266 g/mol. The molecule has 1 atom stereocenters. The molecule has 1 unspecified atom stereocenters. The molecule has 2 heterocycles. The summed E-state index contributed by atoms with van der Waals surface area (Å²) >= 11 is 0. The molecule has 5 nitrogen and oxygen atoms in total. The second kappa shape index (κ2) is 6.54. The van der Waals surface area contributed by atoms with Gasteiger partial charge in [0.25, 0.3) is 0 Å². The fourth-order valence-corrected chi connectivity index (χ4v) is 2.37. The van der Waals surface area contributed by atoms with Crippen LogP contribution in [0.2, 0.25) is 0 Å². The van der Waals surface area contributed by atoms with Gasteiger partial charge in [0.05, 0.1) is 18.9 Å². The molecule has 2 aromatic rings. The number of rotatable bonds is 5. The Kier molecular flexibility index (Phi) is 4.31. The third kappa shape index (κ3) is 3.49. The van der Waals surface area contributed by atoms with Crippen LogP contribution in [0.15, 0.2) is 36.4 Å². The highest BCUT2D eigenvalue weighted by molar-refractivity contribution is 5.60. The number of aromatic nitrogens is 2. The van der Waals surface area contributed by atoms with Crippen LogP contribution in [0.5, 0.6) is 5.75 Å². The predicted octanol–water partition coefficient (Wildman–Crippen LogP) is 2.74. The molecular formula is C16H19N3O2. The van der Waals surface area contributed by atoms with Crippen molar-refractivity contribution in [1.29, 1.82) is 0 Å². The summed E-state index contributed by atoms with van der Waals surface area (Å²) in [7, 11) is 1.66. The number of benzene rings is 1. The fraction of sp³-hybridized carbons (Fsp3) is 0.375. The van der Waals surface area contributed by atoms with Gasteiger partial charge in [-0.3, -0.25) is 0 Å². The van der Waals surface area contributed by atoms with E-state index >= 15 is 0 Å². The maximum absolute atomic E-state index is 5.57. The van der Waals surface area contributed by atoms with Crippen LogP contribution >= 0.6 is 0 Å². The van der Waals surface area contributed by atoms with Crippen molar-refractivity contribution in [2.45, 2.75) is 18.9 Å². The number of hydrogen-bond acceptors (Lipinski definition) is 5. The van der Waals surface area contributed by atoms with Crippen molar-refractivity contribution in [3.05, 3.63) is 36.4 Å². The maximum atomic E-state index is 5.57. The lowest BCUT2D eigenvalue weighted by Crippen LogP contribution is -2.19. The zero-order chi connectivity index (χ0) is 14.5. The first-order chi connectivity index (χ1) is 10.3. The lowest BCUT2D eigenvalue weighted by Gasteiger charge is -2.11. The molecule has 0 saturated carbocycles. The highest BCUT2D eigenvalue weighted by Gasteiger charge is 2.15. The Hall–Kier alpha value is -2.14. The molecule has 0 aliphatic carbocycles. The second-order valence-electron chi connectivity index (χ2n) is 5.05. The normalized spacial score (nSPS) is 17.7. The van der Waals surface area contributed by atoms with Crippen LogP contribution in [0, 0.1) is 0 Å². The summed E-state index contributed by atoms with van der Waals surface area (Å²) in [5.41, 5.74) is 1.87. The average molecular weight is 285 g/mol. The molecule has 1 aliphatic heterocycles. The Morgan fingerprint density at radius 1 is 1.19 bits per heavy atom. The predicted molar refractivity (Wildman–Crippen MR) is 81.5 cm³/mol. The van der Waals surface area contributed by atoms with Crippen LogP contribution in [0.4, 0.5) is 5.82 Å². The summed E-state index contributed by atoms with van der Waals surface area (Å²) in [6, 6.07) is 11.7. The van der Waals surface area contributed by atoms with Gasteiger partial charge in [-0.25, -0.2) is 0 Å². The Balaban J connectivity index is 1.62. The van der Waals surface area contributed by atoms with E-state index in [2.05, 4.69) is 15.5 Å². The van der Waals surface area contributed by atoms with E-state index in [9.17, 15) is 0 Å². The summed E-state index contributed by atoms with van der Waals surface area (Å²) in [5, 5.41) is 11.7. The molecule has 0 radical (unpaired) electrons. The van der Waals surface area contributed by atoms with Gasteiger partial charge in [-0.1, -0.05) is 0 Å². The third-order valence-corrected chi connectivity index (χ3v) is 3.59. The van der Waals surface area contributed by atoms with Gasteiger partial charge in [0.15, 0.2) is 0 Å². The smallest absolute Gasteiger partial charge is 0.148 e. The van der Waals surface area contributed by atoms with Gasteiger partial charge in [0.2, 0.25) is 0 Å². The summed E-state index contributed by atoms with van der Waals surface area (Å²) in [6.07, 6.45) is 2.56. The standard InChI is InChI=1S/C16H19N3O2/c1-20-13-6-4-12(5-7-13)15-8-9-16(19-18-15)17-11-14-3-2-10-21-14/h4-9,14H,2-3,10-11H2,1H3,(H,17,19). The molecule has 21 heavy (non-hydrogen) atoms. The van der Waals surface area contributed by atoms with E-state index in [4.69, 9.17) is 9.47 Å². The molecule has 5 heteroatoms. The quantitative estimate of drug-likeness (QED) is 0.915. The molecule has 1 fully saturated rings. The van der Waals surface area contributed by atoms with Crippen LogP contribution in [0.1, 0.15) is 12.8 Å². The molecule has 1 saturated heterocycles. The monoisotopic (exact) mass is 285 g/mol. The summed E-state index contributed by atoms with van der Waals surface area (Å²) < 4.78 is 10.7. The topological polar surface area (TPSA) is 56.3 Å². The summed E-state index contributed by atoms with van der Waals surface area (Å²) in [4.78, 5) is 0. The minimum Gasteiger partial charge on any atom is -0.497 e. The van der Waals surface area contributed by atoms with E-state index < -0.39 is 0 Å².